The number of allylic oxidation sites excluding steroid dienone is 2. The van der Waals surface area contributed by atoms with Gasteiger partial charge in [0.05, 0.1) is 21.3 Å². The smallest absolute Gasteiger partial charge is 0.126 e. The Kier molecular flexibility index (Phi) is 6.70. The van der Waals surface area contributed by atoms with Crippen molar-refractivity contribution in [2.45, 2.75) is 20.3 Å². The van der Waals surface area contributed by atoms with E-state index in [1.807, 2.05) is 36.4 Å². The van der Waals surface area contributed by atoms with E-state index in [0.717, 1.165) is 40.4 Å². The van der Waals surface area contributed by atoms with Crippen molar-refractivity contribution in [3.8, 4) is 17.2 Å². The Labute approximate surface area is 150 Å². The van der Waals surface area contributed by atoms with Gasteiger partial charge in [-0.15, -0.1) is 0 Å². The summed E-state index contributed by atoms with van der Waals surface area (Å²) in [7, 11) is 5.05. The third-order valence-electron chi connectivity index (χ3n) is 3.93. The van der Waals surface area contributed by atoms with Gasteiger partial charge in [0.1, 0.15) is 17.2 Å². The van der Waals surface area contributed by atoms with Crippen LogP contribution in [0, 0.1) is 0 Å². The zero-order valence-corrected chi connectivity index (χ0v) is 15.6. The summed E-state index contributed by atoms with van der Waals surface area (Å²) in [6.07, 6.45) is 7.07. The standard InChI is InChI=1S/C22H26O3/c1-16(2)6-13-20-21(24-4)14-18(15-22(20)25-5)8-7-17-9-11-19(23-3)12-10-17/h6-12,14-15H,13H2,1-5H3. The van der Waals surface area contributed by atoms with Crippen LogP contribution in [0.1, 0.15) is 30.5 Å². The maximum absolute atomic E-state index is 5.58. The largest absolute Gasteiger partial charge is 0.497 e. The van der Waals surface area contributed by atoms with Crippen molar-refractivity contribution in [3.05, 3.63) is 64.7 Å². The van der Waals surface area contributed by atoms with Gasteiger partial charge in [0.15, 0.2) is 0 Å². The molecule has 0 fully saturated rings. The minimum absolute atomic E-state index is 0.789. The molecule has 0 saturated carbocycles. The SMILES string of the molecule is COc1ccc(C=Cc2cc(OC)c(CC=C(C)C)c(OC)c2)cc1. The lowest BCUT2D eigenvalue weighted by atomic mass is 10.0. The molecule has 25 heavy (non-hydrogen) atoms. The van der Waals surface area contributed by atoms with E-state index in [1.54, 1.807) is 21.3 Å². The van der Waals surface area contributed by atoms with Crippen molar-refractivity contribution in [2.75, 3.05) is 21.3 Å². The monoisotopic (exact) mass is 338 g/mol. The normalized spacial score (nSPS) is 10.6. The molecule has 0 spiro atoms. The highest BCUT2D eigenvalue weighted by Gasteiger charge is 2.10. The molecule has 0 aromatic heterocycles. The van der Waals surface area contributed by atoms with Crippen molar-refractivity contribution in [1.82, 2.24) is 0 Å². The Bertz CT molecular complexity index is 726. The summed E-state index contributed by atoms with van der Waals surface area (Å²) in [6.45, 7) is 4.18. The lowest BCUT2D eigenvalue weighted by Gasteiger charge is -2.13. The van der Waals surface area contributed by atoms with E-state index in [2.05, 4.69) is 32.1 Å². The van der Waals surface area contributed by atoms with Crippen molar-refractivity contribution in [3.63, 3.8) is 0 Å². The van der Waals surface area contributed by atoms with Crippen molar-refractivity contribution in [1.29, 1.82) is 0 Å². The van der Waals surface area contributed by atoms with E-state index >= 15 is 0 Å². The summed E-state index contributed by atoms with van der Waals surface area (Å²) in [5, 5.41) is 0. The van der Waals surface area contributed by atoms with E-state index in [4.69, 9.17) is 14.2 Å². The number of rotatable bonds is 7. The molecular formula is C22H26O3. The second-order valence-electron chi connectivity index (χ2n) is 6.00. The second-order valence-corrected chi connectivity index (χ2v) is 6.00. The predicted molar refractivity (Wildman–Crippen MR) is 105 cm³/mol. The number of ether oxygens (including phenoxy) is 3. The molecule has 0 amide bonds. The molecule has 0 atom stereocenters. The van der Waals surface area contributed by atoms with E-state index < -0.39 is 0 Å². The molecule has 2 aromatic carbocycles. The third kappa shape index (κ3) is 5.15. The Morgan fingerprint density at radius 3 is 1.84 bits per heavy atom. The minimum Gasteiger partial charge on any atom is -0.497 e. The van der Waals surface area contributed by atoms with Gasteiger partial charge in [-0.25, -0.2) is 0 Å². The van der Waals surface area contributed by atoms with Gasteiger partial charge in [-0.1, -0.05) is 35.9 Å². The molecule has 0 saturated heterocycles. The zero-order chi connectivity index (χ0) is 18.2. The van der Waals surface area contributed by atoms with Crippen LogP contribution < -0.4 is 14.2 Å². The topological polar surface area (TPSA) is 27.7 Å². The average Bonchev–Trinajstić information content (AvgIpc) is 2.64. The quantitative estimate of drug-likeness (QED) is 0.500. The Hall–Kier alpha value is -2.68. The summed E-state index contributed by atoms with van der Waals surface area (Å²) in [5.41, 5.74) is 4.47. The van der Waals surface area contributed by atoms with Gasteiger partial charge < -0.3 is 14.2 Å². The van der Waals surface area contributed by atoms with Crippen molar-refractivity contribution >= 4 is 12.2 Å². The van der Waals surface area contributed by atoms with Gasteiger partial charge in [0, 0.05) is 5.56 Å². The molecule has 0 aliphatic rings. The molecule has 3 nitrogen and oxygen atoms in total. The van der Waals surface area contributed by atoms with Crippen LogP contribution in [0.4, 0.5) is 0 Å². The Balaban J connectivity index is 2.31. The molecule has 0 heterocycles. The average molecular weight is 338 g/mol. The van der Waals surface area contributed by atoms with Gasteiger partial charge in [0.2, 0.25) is 0 Å². The molecule has 0 aliphatic carbocycles. The lowest BCUT2D eigenvalue weighted by molar-refractivity contribution is 0.387. The first-order valence-electron chi connectivity index (χ1n) is 8.27. The predicted octanol–water partition coefficient (Wildman–Crippen LogP) is 5.39. The summed E-state index contributed by atoms with van der Waals surface area (Å²) < 4.78 is 16.4. The van der Waals surface area contributed by atoms with Crippen LogP contribution in [-0.4, -0.2) is 21.3 Å². The summed E-state index contributed by atoms with van der Waals surface area (Å²) in [4.78, 5) is 0. The van der Waals surface area contributed by atoms with Crippen LogP contribution in [0.5, 0.6) is 17.2 Å². The van der Waals surface area contributed by atoms with Crippen molar-refractivity contribution < 1.29 is 14.2 Å². The molecule has 2 aromatic rings. The number of methoxy groups -OCH3 is 3. The van der Waals surface area contributed by atoms with Gasteiger partial charge in [-0.3, -0.25) is 0 Å². The minimum atomic E-state index is 0.789. The second kappa shape index (κ2) is 8.97. The van der Waals surface area contributed by atoms with E-state index in [1.165, 1.54) is 5.57 Å². The zero-order valence-electron chi connectivity index (χ0n) is 15.6. The van der Waals surface area contributed by atoms with Crippen molar-refractivity contribution in [2.24, 2.45) is 0 Å². The molecule has 0 unspecified atom stereocenters. The molecule has 0 aliphatic heterocycles. The van der Waals surface area contributed by atoms with Crippen LogP contribution in [-0.2, 0) is 6.42 Å². The third-order valence-corrected chi connectivity index (χ3v) is 3.93. The molecule has 3 heteroatoms. The lowest BCUT2D eigenvalue weighted by Crippen LogP contribution is -1.97. The first-order valence-corrected chi connectivity index (χ1v) is 8.27. The fraction of sp³-hybridized carbons (Fsp3) is 0.273. The fourth-order valence-electron chi connectivity index (χ4n) is 2.52. The summed E-state index contributed by atoms with van der Waals surface area (Å²) in [6, 6.07) is 12.0. The number of hydrogen-bond acceptors (Lipinski definition) is 3. The highest BCUT2D eigenvalue weighted by molar-refractivity contribution is 5.72. The summed E-state index contributed by atoms with van der Waals surface area (Å²) >= 11 is 0. The van der Waals surface area contributed by atoms with E-state index in [0.29, 0.717) is 0 Å². The Morgan fingerprint density at radius 2 is 1.36 bits per heavy atom. The van der Waals surface area contributed by atoms with E-state index in [9.17, 15) is 0 Å². The van der Waals surface area contributed by atoms with Gasteiger partial charge in [-0.05, 0) is 55.7 Å². The van der Waals surface area contributed by atoms with Gasteiger partial charge in [0.25, 0.3) is 0 Å². The van der Waals surface area contributed by atoms with Crippen LogP contribution in [0.2, 0.25) is 0 Å². The molecule has 0 N–H and O–H groups in total. The van der Waals surface area contributed by atoms with Gasteiger partial charge in [-0.2, -0.15) is 0 Å². The van der Waals surface area contributed by atoms with E-state index in [-0.39, 0.29) is 0 Å². The molecule has 0 bridgehead atoms. The first kappa shape index (κ1) is 18.7. The highest BCUT2D eigenvalue weighted by Crippen LogP contribution is 2.32. The number of hydrogen-bond donors (Lipinski definition) is 0. The molecule has 132 valence electrons. The molecular weight excluding hydrogens is 312 g/mol. The number of benzene rings is 2. The van der Waals surface area contributed by atoms with Crippen LogP contribution in [0.3, 0.4) is 0 Å². The fourth-order valence-corrected chi connectivity index (χ4v) is 2.52. The maximum Gasteiger partial charge on any atom is 0.126 e. The molecule has 2 rings (SSSR count). The summed E-state index contributed by atoms with van der Waals surface area (Å²) in [5.74, 6) is 2.53. The molecule has 0 radical (unpaired) electrons. The van der Waals surface area contributed by atoms with Crippen LogP contribution in [0.25, 0.3) is 12.2 Å². The van der Waals surface area contributed by atoms with Gasteiger partial charge >= 0.3 is 0 Å². The van der Waals surface area contributed by atoms with Crippen LogP contribution >= 0.6 is 0 Å². The Morgan fingerprint density at radius 1 is 0.800 bits per heavy atom. The first-order chi connectivity index (χ1) is 12.1. The maximum atomic E-state index is 5.58. The highest BCUT2D eigenvalue weighted by atomic mass is 16.5. The van der Waals surface area contributed by atoms with Crippen LogP contribution in [0.15, 0.2) is 48.0 Å².